The molecule has 0 aromatic carbocycles. The molecule has 0 saturated heterocycles. The molecule has 0 radical (unpaired) electrons. The van der Waals surface area contributed by atoms with E-state index in [1.165, 1.54) is 7.11 Å². The molecule has 0 aliphatic heterocycles. The van der Waals surface area contributed by atoms with Gasteiger partial charge in [-0.15, -0.1) is 11.8 Å². The van der Waals surface area contributed by atoms with Crippen LogP contribution in [-0.4, -0.2) is 34.7 Å². The quantitative estimate of drug-likeness (QED) is 0.688. The maximum absolute atomic E-state index is 11.0. The summed E-state index contributed by atoms with van der Waals surface area (Å²) in [6.45, 7) is 3.61. The van der Waals surface area contributed by atoms with Crippen LogP contribution in [0.2, 0.25) is 0 Å². The Morgan fingerprint density at radius 3 is 2.14 bits per heavy atom. The second-order valence-electron chi connectivity index (χ2n) is 2.87. The summed E-state index contributed by atoms with van der Waals surface area (Å²) < 4.78 is 3.61. The number of esters is 1. The molecule has 0 heterocycles. The van der Waals surface area contributed by atoms with Crippen molar-refractivity contribution >= 4 is 23.7 Å². The maximum atomic E-state index is 11.0. The lowest BCUT2D eigenvalue weighted by atomic mass is 10.0. The number of carbonyl (C=O) groups is 2. The third kappa shape index (κ3) is 3.21. The van der Waals surface area contributed by atoms with Gasteiger partial charge >= 0.3 is 11.9 Å². The molecule has 14 heavy (non-hydrogen) atoms. The highest BCUT2D eigenvalue weighted by atomic mass is 32.2. The average Bonchev–Trinajstić information content (AvgIpc) is 2.19. The van der Waals surface area contributed by atoms with Gasteiger partial charge in [0.15, 0.2) is 0 Å². The molecular weight excluding hydrogens is 204 g/mol. The molecule has 0 unspecified atom stereocenters. The molecule has 0 bridgehead atoms. The number of hydrogen-bond donors (Lipinski definition) is 1. The summed E-state index contributed by atoms with van der Waals surface area (Å²) in [6.07, 6.45) is 1.00. The highest BCUT2D eigenvalue weighted by Crippen LogP contribution is 2.32. The van der Waals surface area contributed by atoms with Gasteiger partial charge in [0.1, 0.15) is 4.75 Å². The zero-order valence-corrected chi connectivity index (χ0v) is 9.52. The van der Waals surface area contributed by atoms with Gasteiger partial charge in [0.25, 0.3) is 0 Å². The number of carboxylic acids is 1. The van der Waals surface area contributed by atoms with Crippen LogP contribution in [0.3, 0.4) is 0 Å². The number of rotatable bonds is 6. The van der Waals surface area contributed by atoms with Crippen LogP contribution >= 0.6 is 11.8 Å². The number of thioether (sulfide) groups is 1. The first kappa shape index (κ1) is 13.3. The lowest BCUT2D eigenvalue weighted by molar-refractivity contribution is -0.140. The van der Waals surface area contributed by atoms with Crippen molar-refractivity contribution in [2.24, 2.45) is 0 Å². The number of methoxy groups -OCH3 is 1. The van der Waals surface area contributed by atoms with E-state index in [0.29, 0.717) is 12.8 Å². The topological polar surface area (TPSA) is 63.6 Å². The standard InChI is InChI=1S/C9H16O4S/c1-4-9(5-2,8(11)12)14-6-7(10)13-3/h4-6H2,1-3H3,(H,11,12). The Kier molecular flexibility index (Phi) is 5.60. The van der Waals surface area contributed by atoms with Crippen molar-refractivity contribution in [1.82, 2.24) is 0 Å². The Morgan fingerprint density at radius 2 is 1.86 bits per heavy atom. The number of ether oxygens (including phenoxy) is 1. The van der Waals surface area contributed by atoms with E-state index in [1.807, 2.05) is 13.8 Å². The molecule has 0 fully saturated rings. The number of hydrogen-bond acceptors (Lipinski definition) is 4. The van der Waals surface area contributed by atoms with E-state index in [0.717, 1.165) is 11.8 Å². The van der Waals surface area contributed by atoms with Gasteiger partial charge in [0, 0.05) is 0 Å². The fourth-order valence-corrected chi connectivity index (χ4v) is 2.12. The third-order valence-electron chi connectivity index (χ3n) is 2.23. The van der Waals surface area contributed by atoms with Gasteiger partial charge in [-0.25, -0.2) is 0 Å². The zero-order chi connectivity index (χ0) is 11.2. The molecule has 82 valence electrons. The average molecular weight is 220 g/mol. The fraction of sp³-hybridized carbons (Fsp3) is 0.778. The van der Waals surface area contributed by atoms with Gasteiger partial charge in [-0.3, -0.25) is 9.59 Å². The predicted molar refractivity (Wildman–Crippen MR) is 55.4 cm³/mol. The lowest BCUT2D eigenvalue weighted by Crippen LogP contribution is -2.34. The minimum Gasteiger partial charge on any atom is -0.480 e. The monoisotopic (exact) mass is 220 g/mol. The molecule has 0 rings (SSSR count). The minimum atomic E-state index is -0.864. The van der Waals surface area contributed by atoms with Crippen LogP contribution in [0.15, 0.2) is 0 Å². The normalized spacial score (nSPS) is 11.1. The summed E-state index contributed by atoms with van der Waals surface area (Å²) >= 11 is 1.14. The molecule has 0 aliphatic carbocycles. The third-order valence-corrected chi connectivity index (χ3v) is 3.91. The van der Waals surface area contributed by atoms with Crippen LogP contribution in [0, 0.1) is 0 Å². The highest BCUT2D eigenvalue weighted by molar-refractivity contribution is 8.02. The van der Waals surface area contributed by atoms with E-state index < -0.39 is 10.7 Å². The molecule has 0 saturated carbocycles. The SMILES string of the molecule is CCC(CC)(SCC(=O)OC)C(=O)O. The van der Waals surface area contributed by atoms with Crippen molar-refractivity contribution in [3.8, 4) is 0 Å². The summed E-state index contributed by atoms with van der Waals surface area (Å²) in [7, 11) is 1.29. The van der Waals surface area contributed by atoms with Crippen LogP contribution in [-0.2, 0) is 14.3 Å². The van der Waals surface area contributed by atoms with E-state index >= 15 is 0 Å². The molecule has 5 heteroatoms. The molecule has 0 aromatic heterocycles. The van der Waals surface area contributed by atoms with E-state index in [1.54, 1.807) is 0 Å². The summed E-state index contributed by atoms with van der Waals surface area (Å²) in [5.41, 5.74) is 0. The minimum absolute atomic E-state index is 0.0878. The van der Waals surface area contributed by atoms with Crippen molar-refractivity contribution < 1.29 is 19.4 Å². The number of carbonyl (C=O) groups excluding carboxylic acids is 1. The largest absolute Gasteiger partial charge is 0.480 e. The van der Waals surface area contributed by atoms with Gasteiger partial charge in [-0.05, 0) is 12.8 Å². The van der Waals surface area contributed by atoms with E-state index in [4.69, 9.17) is 5.11 Å². The Balaban J connectivity index is 4.37. The van der Waals surface area contributed by atoms with Gasteiger partial charge in [0.05, 0.1) is 12.9 Å². The van der Waals surface area contributed by atoms with Crippen LogP contribution in [0.25, 0.3) is 0 Å². The molecule has 0 aromatic rings. The molecule has 0 aliphatic rings. The molecular formula is C9H16O4S. The van der Waals surface area contributed by atoms with E-state index in [-0.39, 0.29) is 11.7 Å². The molecule has 0 atom stereocenters. The Bertz CT molecular complexity index is 211. The maximum Gasteiger partial charge on any atom is 0.319 e. The summed E-state index contributed by atoms with van der Waals surface area (Å²) in [4.78, 5) is 21.9. The van der Waals surface area contributed by atoms with Crippen LogP contribution in [0.4, 0.5) is 0 Å². The van der Waals surface area contributed by atoms with Crippen molar-refractivity contribution in [3.05, 3.63) is 0 Å². The fourth-order valence-electron chi connectivity index (χ4n) is 1.07. The van der Waals surface area contributed by atoms with Crippen LogP contribution in [0.5, 0.6) is 0 Å². The van der Waals surface area contributed by atoms with E-state index in [2.05, 4.69) is 4.74 Å². The summed E-state index contributed by atoms with van der Waals surface area (Å²) in [5, 5.41) is 9.04. The predicted octanol–water partition coefficient (Wildman–Crippen LogP) is 1.54. The molecule has 0 amide bonds. The van der Waals surface area contributed by atoms with Gasteiger partial charge in [0.2, 0.25) is 0 Å². The van der Waals surface area contributed by atoms with Crippen LogP contribution in [0.1, 0.15) is 26.7 Å². The summed E-state index contributed by atoms with van der Waals surface area (Å²) in [6, 6.07) is 0. The Labute approximate surface area is 88.0 Å². The van der Waals surface area contributed by atoms with Crippen molar-refractivity contribution in [2.75, 3.05) is 12.9 Å². The second kappa shape index (κ2) is 5.90. The first-order valence-electron chi connectivity index (χ1n) is 4.46. The lowest BCUT2D eigenvalue weighted by Gasteiger charge is -2.25. The number of carboxylic acid groups (broad SMARTS) is 1. The highest BCUT2D eigenvalue weighted by Gasteiger charge is 2.35. The first-order valence-corrected chi connectivity index (χ1v) is 5.45. The summed E-state index contributed by atoms with van der Waals surface area (Å²) in [5.74, 6) is -1.16. The van der Waals surface area contributed by atoms with Gasteiger partial charge in [-0.2, -0.15) is 0 Å². The second-order valence-corrected chi connectivity index (χ2v) is 4.23. The van der Waals surface area contributed by atoms with Crippen molar-refractivity contribution in [2.45, 2.75) is 31.4 Å². The Morgan fingerprint density at radius 1 is 1.36 bits per heavy atom. The molecule has 1 N–H and O–H groups in total. The van der Waals surface area contributed by atoms with Crippen molar-refractivity contribution in [3.63, 3.8) is 0 Å². The molecule has 4 nitrogen and oxygen atoms in total. The molecule has 0 spiro atoms. The smallest absolute Gasteiger partial charge is 0.319 e. The first-order chi connectivity index (χ1) is 6.52. The number of aliphatic carboxylic acids is 1. The van der Waals surface area contributed by atoms with Crippen LogP contribution < -0.4 is 0 Å². The van der Waals surface area contributed by atoms with Gasteiger partial charge in [-0.1, -0.05) is 13.8 Å². The van der Waals surface area contributed by atoms with Crippen molar-refractivity contribution in [1.29, 1.82) is 0 Å². The van der Waals surface area contributed by atoms with Gasteiger partial charge < -0.3 is 9.84 Å². The Hall–Kier alpha value is -0.710. The van der Waals surface area contributed by atoms with E-state index in [9.17, 15) is 9.59 Å². The zero-order valence-electron chi connectivity index (χ0n) is 8.70.